The van der Waals surface area contributed by atoms with Crippen molar-refractivity contribution in [1.29, 1.82) is 0 Å². The fourth-order valence-corrected chi connectivity index (χ4v) is 4.37. The third-order valence-electron chi connectivity index (χ3n) is 4.76. The first-order valence-electron chi connectivity index (χ1n) is 9.53. The maximum atomic E-state index is 13.8. The van der Waals surface area contributed by atoms with E-state index < -0.39 is 21.7 Å². The number of hydrogen-bond donors (Lipinski definition) is 1. The molecule has 0 bridgehead atoms. The minimum atomic E-state index is -3.94. The van der Waals surface area contributed by atoms with Gasteiger partial charge in [0.25, 0.3) is 5.91 Å². The molecule has 162 valence electrons. The van der Waals surface area contributed by atoms with Gasteiger partial charge in [0.05, 0.1) is 7.11 Å². The van der Waals surface area contributed by atoms with Crippen molar-refractivity contribution in [3.8, 4) is 5.75 Å². The van der Waals surface area contributed by atoms with Gasteiger partial charge in [-0.05, 0) is 29.8 Å². The number of ether oxygens (including phenoxy) is 1. The van der Waals surface area contributed by atoms with Crippen molar-refractivity contribution >= 4 is 15.9 Å². The van der Waals surface area contributed by atoms with E-state index in [0.717, 1.165) is 5.56 Å². The monoisotopic (exact) mass is 442 g/mol. The van der Waals surface area contributed by atoms with E-state index in [-0.39, 0.29) is 29.3 Å². The summed E-state index contributed by atoms with van der Waals surface area (Å²) in [4.78, 5) is 12.5. The molecule has 1 N–H and O–H groups in total. The fraction of sp³-hybridized carbons (Fsp3) is 0.174. The van der Waals surface area contributed by atoms with Gasteiger partial charge in [-0.25, -0.2) is 12.8 Å². The Morgan fingerprint density at radius 3 is 2.39 bits per heavy atom. The number of hydrogen-bond acceptors (Lipinski definition) is 4. The normalized spacial score (nSPS) is 11.4. The second kappa shape index (κ2) is 9.72. The summed E-state index contributed by atoms with van der Waals surface area (Å²) in [6.07, 6.45) is 0. The van der Waals surface area contributed by atoms with Crippen LogP contribution in [0.5, 0.6) is 5.75 Å². The number of methoxy groups -OCH3 is 1. The number of nitrogens with zero attached hydrogens (tertiary/aromatic N) is 1. The third kappa shape index (κ3) is 5.28. The Balaban J connectivity index is 1.84. The number of carbonyl (C=O) groups is 1. The number of carbonyl (C=O) groups excluding carboxylic acids is 1. The summed E-state index contributed by atoms with van der Waals surface area (Å²) >= 11 is 0. The van der Waals surface area contributed by atoms with Crippen LogP contribution >= 0.6 is 0 Å². The number of nitrogens with one attached hydrogen (secondary N) is 1. The Hall–Kier alpha value is -3.23. The molecule has 3 aromatic carbocycles. The minimum absolute atomic E-state index is 0.0203. The van der Waals surface area contributed by atoms with Gasteiger partial charge in [-0.1, -0.05) is 48.5 Å². The maximum Gasteiger partial charge on any atom is 0.251 e. The van der Waals surface area contributed by atoms with Gasteiger partial charge in [0.15, 0.2) is 0 Å². The van der Waals surface area contributed by atoms with E-state index >= 15 is 0 Å². The molecular formula is C23H23FN2O4S. The highest BCUT2D eigenvalue weighted by Crippen LogP contribution is 2.28. The van der Waals surface area contributed by atoms with Crippen LogP contribution in [0.2, 0.25) is 0 Å². The molecule has 0 atom stereocenters. The molecule has 3 aromatic rings. The van der Waals surface area contributed by atoms with Crippen molar-refractivity contribution in [2.75, 3.05) is 14.2 Å². The number of amides is 1. The van der Waals surface area contributed by atoms with Crippen LogP contribution in [0.15, 0.2) is 77.7 Å². The van der Waals surface area contributed by atoms with E-state index in [1.165, 1.54) is 42.7 Å². The Kier molecular flexibility index (Phi) is 7.04. The lowest BCUT2D eigenvalue weighted by Gasteiger charge is -2.19. The van der Waals surface area contributed by atoms with Gasteiger partial charge in [0.2, 0.25) is 10.0 Å². The minimum Gasteiger partial charge on any atom is -0.495 e. The quantitative estimate of drug-likeness (QED) is 0.579. The Labute approximate surface area is 181 Å². The van der Waals surface area contributed by atoms with Crippen LogP contribution in [0, 0.1) is 5.82 Å². The average molecular weight is 443 g/mol. The second-order valence-corrected chi connectivity index (χ2v) is 8.90. The van der Waals surface area contributed by atoms with Crippen LogP contribution in [0.1, 0.15) is 21.5 Å². The van der Waals surface area contributed by atoms with Crippen LogP contribution in [-0.4, -0.2) is 32.8 Å². The second-order valence-electron chi connectivity index (χ2n) is 6.89. The van der Waals surface area contributed by atoms with Crippen molar-refractivity contribution in [2.24, 2.45) is 0 Å². The predicted molar refractivity (Wildman–Crippen MR) is 116 cm³/mol. The maximum absolute atomic E-state index is 13.8. The molecule has 3 rings (SSSR count). The molecule has 0 heterocycles. The van der Waals surface area contributed by atoms with Crippen LogP contribution in [-0.2, 0) is 23.1 Å². The molecule has 0 fully saturated rings. The van der Waals surface area contributed by atoms with Crippen LogP contribution in [0.3, 0.4) is 0 Å². The first-order chi connectivity index (χ1) is 14.8. The fourth-order valence-electron chi connectivity index (χ4n) is 3.03. The number of halogens is 1. The lowest BCUT2D eigenvalue weighted by atomic mass is 10.2. The standard InChI is InChI=1S/C23H23FN2O4S/c1-26(16-17-8-4-3-5-9-17)31(28,29)22-14-18(12-13-21(22)30-2)23(27)25-15-19-10-6-7-11-20(19)24/h3-14H,15-16H2,1-2H3,(H,25,27). The SMILES string of the molecule is COc1ccc(C(=O)NCc2ccccc2F)cc1S(=O)(=O)N(C)Cc1ccccc1. The van der Waals surface area contributed by atoms with Gasteiger partial charge < -0.3 is 10.1 Å². The van der Waals surface area contributed by atoms with E-state index in [4.69, 9.17) is 4.74 Å². The summed E-state index contributed by atoms with van der Waals surface area (Å²) in [6, 6.07) is 19.4. The third-order valence-corrected chi connectivity index (χ3v) is 6.58. The van der Waals surface area contributed by atoms with E-state index in [0.29, 0.717) is 5.56 Å². The first-order valence-corrected chi connectivity index (χ1v) is 11.0. The smallest absolute Gasteiger partial charge is 0.251 e. The van der Waals surface area contributed by atoms with Gasteiger partial charge in [-0.15, -0.1) is 0 Å². The molecule has 6 nitrogen and oxygen atoms in total. The first kappa shape index (κ1) is 22.5. The largest absolute Gasteiger partial charge is 0.495 e. The highest BCUT2D eigenvalue weighted by molar-refractivity contribution is 7.89. The van der Waals surface area contributed by atoms with Crippen molar-refractivity contribution in [1.82, 2.24) is 9.62 Å². The van der Waals surface area contributed by atoms with Crippen LogP contribution in [0.4, 0.5) is 4.39 Å². The van der Waals surface area contributed by atoms with E-state index in [1.54, 1.807) is 18.2 Å². The summed E-state index contributed by atoms with van der Waals surface area (Å²) in [5.74, 6) is -0.818. The summed E-state index contributed by atoms with van der Waals surface area (Å²) in [7, 11) is -1.11. The molecule has 0 spiro atoms. The summed E-state index contributed by atoms with van der Waals surface area (Å²) in [5.41, 5.74) is 1.29. The molecule has 0 aliphatic heterocycles. The molecule has 1 amide bonds. The van der Waals surface area contributed by atoms with Crippen LogP contribution in [0.25, 0.3) is 0 Å². The van der Waals surface area contributed by atoms with Crippen molar-refractivity contribution < 1.29 is 22.3 Å². The highest BCUT2D eigenvalue weighted by Gasteiger charge is 2.26. The van der Waals surface area contributed by atoms with Gasteiger partial charge in [-0.2, -0.15) is 4.31 Å². The zero-order valence-electron chi connectivity index (χ0n) is 17.2. The Bertz CT molecular complexity index is 1170. The molecule has 31 heavy (non-hydrogen) atoms. The summed E-state index contributed by atoms with van der Waals surface area (Å²) in [5, 5.41) is 2.61. The average Bonchev–Trinajstić information content (AvgIpc) is 2.78. The molecule has 0 aliphatic rings. The molecule has 8 heteroatoms. The van der Waals surface area contributed by atoms with E-state index in [1.807, 2.05) is 30.3 Å². The van der Waals surface area contributed by atoms with Crippen molar-refractivity contribution in [3.05, 3.63) is 95.3 Å². The van der Waals surface area contributed by atoms with Crippen LogP contribution < -0.4 is 10.1 Å². The molecule has 0 saturated carbocycles. The topological polar surface area (TPSA) is 75.7 Å². The highest BCUT2D eigenvalue weighted by atomic mass is 32.2. The molecular weight excluding hydrogens is 419 g/mol. The van der Waals surface area contributed by atoms with E-state index in [2.05, 4.69) is 5.32 Å². The summed E-state index contributed by atoms with van der Waals surface area (Å²) in [6.45, 7) is 0.142. The molecule has 0 aliphatic carbocycles. The molecule has 0 radical (unpaired) electrons. The predicted octanol–water partition coefficient (Wildman–Crippen LogP) is 3.59. The molecule has 0 unspecified atom stereocenters. The lowest BCUT2D eigenvalue weighted by Crippen LogP contribution is -2.28. The van der Waals surface area contributed by atoms with Gasteiger partial charge in [-0.3, -0.25) is 4.79 Å². The zero-order chi connectivity index (χ0) is 22.4. The van der Waals surface area contributed by atoms with E-state index in [9.17, 15) is 17.6 Å². The lowest BCUT2D eigenvalue weighted by molar-refractivity contribution is 0.0950. The van der Waals surface area contributed by atoms with Gasteiger partial charge in [0.1, 0.15) is 16.5 Å². The van der Waals surface area contributed by atoms with Gasteiger partial charge >= 0.3 is 0 Å². The zero-order valence-corrected chi connectivity index (χ0v) is 18.0. The Morgan fingerprint density at radius 2 is 1.71 bits per heavy atom. The van der Waals surface area contributed by atoms with Crippen molar-refractivity contribution in [2.45, 2.75) is 18.0 Å². The van der Waals surface area contributed by atoms with Crippen molar-refractivity contribution in [3.63, 3.8) is 0 Å². The molecule has 0 aromatic heterocycles. The Morgan fingerprint density at radius 1 is 1.03 bits per heavy atom. The van der Waals surface area contributed by atoms with Gasteiger partial charge in [0, 0.05) is 31.3 Å². The number of rotatable bonds is 8. The number of benzene rings is 3. The summed E-state index contributed by atoms with van der Waals surface area (Å²) < 4.78 is 46.6. The number of sulfonamides is 1. The molecule has 0 saturated heterocycles.